The maximum absolute atomic E-state index is 12.9. The van der Waals surface area contributed by atoms with E-state index < -0.39 is 11.9 Å². The van der Waals surface area contributed by atoms with Gasteiger partial charge in [-0.3, -0.25) is 4.79 Å². The summed E-state index contributed by atoms with van der Waals surface area (Å²) in [4.78, 5) is 12.9. The van der Waals surface area contributed by atoms with Crippen molar-refractivity contribution in [3.05, 3.63) is 65.7 Å². The van der Waals surface area contributed by atoms with Crippen LogP contribution < -0.4 is 4.74 Å². The standard InChI is InChI=1S/C17H16O4/c1-19-17(20-2)15(12-8-4-3-5-9-12)16(18)13-10-6-7-11-14(13)21-17/h3-11,15H,1-2H3. The minimum atomic E-state index is -1.45. The summed E-state index contributed by atoms with van der Waals surface area (Å²) in [5, 5.41) is 0. The molecule has 0 radical (unpaired) electrons. The minimum Gasteiger partial charge on any atom is -0.437 e. The average Bonchev–Trinajstić information content (AvgIpc) is 2.55. The van der Waals surface area contributed by atoms with E-state index in [0.717, 1.165) is 5.56 Å². The van der Waals surface area contributed by atoms with Gasteiger partial charge in [-0.2, -0.15) is 0 Å². The Morgan fingerprint density at radius 1 is 0.952 bits per heavy atom. The van der Waals surface area contributed by atoms with E-state index in [2.05, 4.69) is 0 Å². The van der Waals surface area contributed by atoms with Gasteiger partial charge in [-0.05, 0) is 17.7 Å². The molecule has 0 aromatic heterocycles. The first-order chi connectivity index (χ1) is 10.2. The molecule has 2 aromatic carbocycles. The predicted molar refractivity (Wildman–Crippen MR) is 77.3 cm³/mol. The van der Waals surface area contributed by atoms with Gasteiger partial charge in [0.2, 0.25) is 0 Å². The predicted octanol–water partition coefficient (Wildman–Crippen LogP) is 2.99. The van der Waals surface area contributed by atoms with E-state index in [4.69, 9.17) is 14.2 Å². The molecule has 0 saturated carbocycles. The molecule has 4 nitrogen and oxygen atoms in total. The van der Waals surface area contributed by atoms with Gasteiger partial charge in [-0.1, -0.05) is 42.5 Å². The lowest BCUT2D eigenvalue weighted by Crippen LogP contribution is -2.52. The molecule has 1 heterocycles. The Morgan fingerprint density at radius 3 is 2.24 bits per heavy atom. The van der Waals surface area contributed by atoms with Gasteiger partial charge in [0.1, 0.15) is 11.7 Å². The Labute approximate surface area is 123 Å². The molecule has 4 heteroatoms. The fourth-order valence-electron chi connectivity index (χ4n) is 2.69. The van der Waals surface area contributed by atoms with Crippen LogP contribution in [0.3, 0.4) is 0 Å². The lowest BCUT2D eigenvalue weighted by Gasteiger charge is -2.40. The third-order valence-corrected chi connectivity index (χ3v) is 3.72. The second-order valence-corrected chi connectivity index (χ2v) is 4.82. The molecule has 3 rings (SSSR count). The Kier molecular flexibility index (Phi) is 3.49. The van der Waals surface area contributed by atoms with Crippen molar-refractivity contribution in [1.82, 2.24) is 0 Å². The number of carbonyl (C=O) groups excluding carboxylic acids is 1. The summed E-state index contributed by atoms with van der Waals surface area (Å²) in [6.07, 6.45) is 0. The van der Waals surface area contributed by atoms with E-state index in [1.807, 2.05) is 42.5 Å². The number of hydrogen-bond acceptors (Lipinski definition) is 4. The number of Topliss-reactive ketones (excluding diaryl/α,β-unsaturated/α-hetero) is 1. The van der Waals surface area contributed by atoms with Crippen molar-refractivity contribution in [3.8, 4) is 5.75 Å². The van der Waals surface area contributed by atoms with Crippen LogP contribution in [-0.2, 0) is 9.47 Å². The third-order valence-electron chi connectivity index (χ3n) is 3.72. The molecule has 1 atom stereocenters. The van der Waals surface area contributed by atoms with E-state index in [1.54, 1.807) is 12.1 Å². The van der Waals surface area contributed by atoms with Crippen LogP contribution in [0.25, 0.3) is 0 Å². The van der Waals surface area contributed by atoms with Crippen LogP contribution in [0.2, 0.25) is 0 Å². The molecular formula is C17H16O4. The van der Waals surface area contributed by atoms with Gasteiger partial charge in [0.15, 0.2) is 5.78 Å². The van der Waals surface area contributed by atoms with Crippen molar-refractivity contribution in [2.24, 2.45) is 0 Å². The number of carbonyl (C=O) groups is 1. The number of benzene rings is 2. The highest BCUT2D eigenvalue weighted by Crippen LogP contribution is 2.43. The highest BCUT2D eigenvalue weighted by molar-refractivity contribution is 6.04. The van der Waals surface area contributed by atoms with E-state index in [1.165, 1.54) is 14.2 Å². The quantitative estimate of drug-likeness (QED) is 0.813. The third kappa shape index (κ3) is 2.13. The lowest BCUT2D eigenvalue weighted by molar-refractivity contribution is -0.329. The van der Waals surface area contributed by atoms with Crippen molar-refractivity contribution >= 4 is 5.78 Å². The molecule has 0 fully saturated rings. The molecule has 2 aromatic rings. The largest absolute Gasteiger partial charge is 0.437 e. The molecule has 0 spiro atoms. The van der Waals surface area contributed by atoms with E-state index >= 15 is 0 Å². The van der Waals surface area contributed by atoms with E-state index in [-0.39, 0.29) is 5.78 Å². The Bertz CT molecular complexity index is 647. The first kappa shape index (κ1) is 13.8. The minimum absolute atomic E-state index is 0.0771. The van der Waals surface area contributed by atoms with Crippen LogP contribution in [-0.4, -0.2) is 26.0 Å². The highest BCUT2D eigenvalue weighted by atomic mass is 16.9. The number of rotatable bonds is 3. The van der Waals surface area contributed by atoms with Crippen LogP contribution in [0.15, 0.2) is 54.6 Å². The van der Waals surface area contributed by atoms with Crippen LogP contribution in [0, 0.1) is 0 Å². The summed E-state index contributed by atoms with van der Waals surface area (Å²) in [5.74, 6) is -1.74. The number of hydrogen-bond donors (Lipinski definition) is 0. The Balaban J connectivity index is 2.18. The van der Waals surface area contributed by atoms with Gasteiger partial charge in [-0.25, -0.2) is 0 Å². The van der Waals surface area contributed by atoms with E-state index in [0.29, 0.717) is 11.3 Å². The monoisotopic (exact) mass is 284 g/mol. The number of para-hydroxylation sites is 1. The van der Waals surface area contributed by atoms with Gasteiger partial charge in [0.05, 0.1) is 5.56 Å². The summed E-state index contributed by atoms with van der Waals surface area (Å²) in [6.45, 7) is 0. The first-order valence-electron chi connectivity index (χ1n) is 6.69. The second-order valence-electron chi connectivity index (χ2n) is 4.82. The highest BCUT2D eigenvalue weighted by Gasteiger charge is 2.52. The fourth-order valence-corrected chi connectivity index (χ4v) is 2.69. The second kappa shape index (κ2) is 5.31. The molecule has 108 valence electrons. The maximum atomic E-state index is 12.9. The summed E-state index contributed by atoms with van der Waals surface area (Å²) in [5.41, 5.74) is 1.33. The number of fused-ring (bicyclic) bond motifs is 1. The van der Waals surface area contributed by atoms with E-state index in [9.17, 15) is 4.79 Å². The van der Waals surface area contributed by atoms with Crippen LogP contribution >= 0.6 is 0 Å². The molecule has 1 aliphatic heterocycles. The Hall–Kier alpha value is -2.17. The molecule has 0 amide bonds. The van der Waals surface area contributed by atoms with Crippen LogP contribution in [0.5, 0.6) is 5.75 Å². The normalized spacial score (nSPS) is 19.7. The lowest BCUT2D eigenvalue weighted by atomic mass is 9.86. The molecule has 0 aliphatic carbocycles. The number of methoxy groups -OCH3 is 2. The zero-order chi connectivity index (χ0) is 14.9. The molecule has 1 aliphatic rings. The van der Waals surface area contributed by atoms with Gasteiger partial charge in [0, 0.05) is 14.2 Å². The SMILES string of the molecule is COC1(OC)Oc2ccccc2C(=O)C1c1ccccc1. The molecule has 0 N–H and O–H groups in total. The van der Waals surface area contributed by atoms with Gasteiger partial charge in [0.25, 0.3) is 0 Å². The molecule has 1 unspecified atom stereocenters. The summed E-state index contributed by atoms with van der Waals surface area (Å²) >= 11 is 0. The van der Waals surface area contributed by atoms with Crippen molar-refractivity contribution in [2.75, 3.05) is 14.2 Å². The zero-order valence-electron chi connectivity index (χ0n) is 11.9. The summed E-state index contributed by atoms with van der Waals surface area (Å²) in [7, 11) is 2.95. The smallest absolute Gasteiger partial charge is 0.341 e. The van der Waals surface area contributed by atoms with Gasteiger partial charge in [-0.15, -0.1) is 0 Å². The summed E-state index contributed by atoms with van der Waals surface area (Å²) < 4.78 is 16.8. The molecule has 0 bridgehead atoms. The van der Waals surface area contributed by atoms with Gasteiger partial charge < -0.3 is 14.2 Å². The van der Waals surface area contributed by atoms with Crippen molar-refractivity contribution in [3.63, 3.8) is 0 Å². The van der Waals surface area contributed by atoms with Crippen molar-refractivity contribution in [1.29, 1.82) is 0 Å². The topological polar surface area (TPSA) is 44.8 Å². The summed E-state index contributed by atoms with van der Waals surface area (Å²) in [6, 6.07) is 16.5. The fraction of sp³-hybridized carbons (Fsp3) is 0.235. The zero-order valence-corrected chi connectivity index (χ0v) is 11.9. The van der Waals surface area contributed by atoms with Crippen molar-refractivity contribution in [2.45, 2.75) is 11.9 Å². The molecule has 21 heavy (non-hydrogen) atoms. The first-order valence-corrected chi connectivity index (χ1v) is 6.69. The molecule has 0 saturated heterocycles. The van der Waals surface area contributed by atoms with Crippen molar-refractivity contribution < 1.29 is 19.0 Å². The maximum Gasteiger partial charge on any atom is 0.341 e. The van der Waals surface area contributed by atoms with Gasteiger partial charge >= 0.3 is 5.97 Å². The molecular weight excluding hydrogens is 268 g/mol. The Morgan fingerprint density at radius 2 is 1.57 bits per heavy atom. The average molecular weight is 284 g/mol. The van der Waals surface area contributed by atoms with Crippen LogP contribution in [0.1, 0.15) is 21.8 Å². The number of ketones is 1. The number of ether oxygens (including phenoxy) is 3. The van der Waals surface area contributed by atoms with Crippen LogP contribution in [0.4, 0.5) is 0 Å².